The maximum Gasteiger partial charge on any atom is 0.171 e. The number of halogens is 1. The Balaban J connectivity index is 1.84. The summed E-state index contributed by atoms with van der Waals surface area (Å²) in [4.78, 5) is 12.5. The number of aldehydes is 1. The molecule has 0 bridgehead atoms. The average molecular weight is 226 g/mol. The van der Waals surface area contributed by atoms with E-state index < -0.39 is 0 Å². The maximum atomic E-state index is 12.1. The first-order valence-electron chi connectivity index (χ1n) is 5.45. The number of hydrogen-bond donors (Lipinski definition) is 0. The summed E-state index contributed by atoms with van der Waals surface area (Å²) in [5, 5.41) is 7.57. The smallest absolute Gasteiger partial charge is 0.171 e. The number of carbonyl (C=O) groups is 1. The summed E-state index contributed by atoms with van der Waals surface area (Å²) >= 11 is 0. The van der Waals surface area contributed by atoms with E-state index in [2.05, 4.69) is 15.2 Å². The largest absolute Gasteiger partial charge is 0.300 e. The average Bonchev–Trinajstić information content (AvgIpc) is 2.89. The maximum absolute atomic E-state index is 12.1. The van der Waals surface area contributed by atoms with Gasteiger partial charge in [0.15, 0.2) is 6.29 Å². The zero-order valence-corrected chi connectivity index (χ0v) is 9.05. The lowest BCUT2D eigenvalue weighted by Crippen LogP contribution is -2.24. The highest BCUT2D eigenvalue weighted by Crippen LogP contribution is 2.17. The molecule has 16 heavy (non-hydrogen) atoms. The second kappa shape index (κ2) is 5.16. The van der Waals surface area contributed by atoms with Crippen molar-refractivity contribution in [2.24, 2.45) is 5.92 Å². The Morgan fingerprint density at radius 1 is 1.62 bits per heavy atom. The minimum absolute atomic E-state index is 0.286. The van der Waals surface area contributed by atoms with Crippen LogP contribution in [0, 0.1) is 5.92 Å². The lowest BCUT2D eigenvalue weighted by molar-refractivity contribution is 0.111. The van der Waals surface area contributed by atoms with E-state index in [0.29, 0.717) is 24.4 Å². The van der Waals surface area contributed by atoms with Crippen LogP contribution in [0.1, 0.15) is 16.9 Å². The summed E-state index contributed by atoms with van der Waals surface area (Å²) in [5.41, 5.74) is 0.360. The minimum Gasteiger partial charge on any atom is -0.300 e. The number of rotatable bonds is 5. The van der Waals surface area contributed by atoms with E-state index in [4.69, 9.17) is 0 Å². The van der Waals surface area contributed by atoms with Gasteiger partial charge >= 0.3 is 0 Å². The molecule has 5 nitrogen and oxygen atoms in total. The van der Waals surface area contributed by atoms with E-state index in [1.54, 1.807) is 10.9 Å². The quantitative estimate of drug-likeness (QED) is 0.681. The van der Waals surface area contributed by atoms with E-state index in [-0.39, 0.29) is 6.67 Å². The van der Waals surface area contributed by atoms with Crippen molar-refractivity contribution in [1.82, 2.24) is 19.9 Å². The molecule has 0 spiro atoms. The van der Waals surface area contributed by atoms with Gasteiger partial charge in [0.05, 0.1) is 6.20 Å². The second-order valence-corrected chi connectivity index (χ2v) is 4.13. The Morgan fingerprint density at radius 2 is 2.50 bits per heavy atom. The molecule has 0 unspecified atom stereocenters. The molecule has 0 aliphatic carbocycles. The lowest BCUT2D eigenvalue weighted by atomic mass is 10.1. The zero-order valence-electron chi connectivity index (χ0n) is 9.05. The van der Waals surface area contributed by atoms with Crippen LogP contribution in [0.3, 0.4) is 0 Å². The van der Waals surface area contributed by atoms with Gasteiger partial charge in [-0.05, 0) is 18.9 Å². The lowest BCUT2D eigenvalue weighted by Gasteiger charge is -2.13. The van der Waals surface area contributed by atoms with E-state index >= 15 is 0 Å². The van der Waals surface area contributed by atoms with Crippen LogP contribution in [-0.2, 0) is 6.54 Å². The van der Waals surface area contributed by atoms with E-state index in [1.807, 2.05) is 0 Å². The normalized spacial score (nSPS) is 21.4. The fourth-order valence-corrected chi connectivity index (χ4v) is 2.11. The molecular formula is C10H15FN4O. The summed E-state index contributed by atoms with van der Waals surface area (Å²) in [7, 11) is 0. The monoisotopic (exact) mass is 226 g/mol. The van der Waals surface area contributed by atoms with Gasteiger partial charge in [-0.3, -0.25) is 9.48 Å². The first kappa shape index (κ1) is 11.2. The van der Waals surface area contributed by atoms with Gasteiger partial charge in [-0.2, -0.15) is 0 Å². The summed E-state index contributed by atoms with van der Waals surface area (Å²) in [6.07, 6.45) is 3.38. The van der Waals surface area contributed by atoms with Crippen LogP contribution in [-0.4, -0.2) is 52.5 Å². The third kappa shape index (κ3) is 2.63. The molecule has 0 saturated carbocycles. The molecular weight excluding hydrogens is 211 g/mol. The van der Waals surface area contributed by atoms with Crippen LogP contribution in [0.25, 0.3) is 0 Å². The predicted octanol–water partition coefficient (Wildman–Crippen LogP) is 0.382. The van der Waals surface area contributed by atoms with Gasteiger partial charge < -0.3 is 4.90 Å². The SMILES string of the molecule is O=Cc1cn(C[C@@H]2CCN(CCF)C2)nn1. The van der Waals surface area contributed by atoms with Crippen LogP contribution in [0.15, 0.2) is 6.20 Å². The highest BCUT2D eigenvalue weighted by atomic mass is 19.1. The number of carbonyl (C=O) groups excluding carboxylic acids is 1. The standard InChI is InChI=1S/C10H15FN4O/c11-2-4-14-3-1-9(5-14)6-15-7-10(8-16)12-13-15/h7-9H,1-6H2/t9-/m1/s1. The third-order valence-electron chi connectivity index (χ3n) is 2.89. The van der Waals surface area contributed by atoms with Crippen molar-refractivity contribution < 1.29 is 9.18 Å². The van der Waals surface area contributed by atoms with Gasteiger partial charge in [-0.25, -0.2) is 4.39 Å². The second-order valence-electron chi connectivity index (χ2n) is 4.13. The predicted molar refractivity (Wildman–Crippen MR) is 55.9 cm³/mol. The highest BCUT2D eigenvalue weighted by molar-refractivity contribution is 5.70. The minimum atomic E-state index is -0.286. The molecule has 0 aromatic carbocycles. The molecule has 1 aromatic rings. The molecule has 1 atom stereocenters. The number of nitrogens with zero attached hydrogens (tertiary/aromatic N) is 4. The molecule has 2 heterocycles. The van der Waals surface area contributed by atoms with Crippen molar-refractivity contribution in [3.63, 3.8) is 0 Å². The Morgan fingerprint density at radius 3 is 3.19 bits per heavy atom. The molecule has 88 valence electrons. The number of aromatic nitrogens is 3. The van der Waals surface area contributed by atoms with Crippen LogP contribution in [0.2, 0.25) is 0 Å². The molecule has 1 aromatic heterocycles. The first-order chi connectivity index (χ1) is 7.81. The van der Waals surface area contributed by atoms with E-state index in [1.165, 1.54) is 0 Å². The Labute approximate surface area is 93.2 Å². The summed E-state index contributed by atoms with van der Waals surface area (Å²) < 4.78 is 13.8. The molecule has 0 amide bonds. The van der Waals surface area contributed by atoms with Crippen LogP contribution < -0.4 is 0 Å². The molecule has 1 aliphatic heterocycles. The molecule has 0 radical (unpaired) electrons. The van der Waals surface area contributed by atoms with Crippen molar-refractivity contribution in [2.45, 2.75) is 13.0 Å². The molecule has 1 fully saturated rings. The van der Waals surface area contributed by atoms with E-state index in [9.17, 15) is 9.18 Å². The van der Waals surface area contributed by atoms with Gasteiger partial charge in [0.25, 0.3) is 0 Å². The van der Waals surface area contributed by atoms with Crippen molar-refractivity contribution >= 4 is 6.29 Å². The van der Waals surface area contributed by atoms with Gasteiger partial charge in [0, 0.05) is 19.6 Å². The van der Waals surface area contributed by atoms with Gasteiger partial charge in [0.2, 0.25) is 0 Å². The molecule has 1 saturated heterocycles. The fraction of sp³-hybridized carbons (Fsp3) is 0.700. The Kier molecular flexibility index (Phi) is 3.61. The topological polar surface area (TPSA) is 51.0 Å². The van der Waals surface area contributed by atoms with Crippen LogP contribution in [0.5, 0.6) is 0 Å². The summed E-state index contributed by atoms with van der Waals surface area (Å²) in [6, 6.07) is 0. The highest BCUT2D eigenvalue weighted by Gasteiger charge is 2.22. The molecule has 6 heteroatoms. The van der Waals surface area contributed by atoms with Gasteiger partial charge in [0.1, 0.15) is 12.4 Å². The molecule has 1 aliphatic rings. The van der Waals surface area contributed by atoms with E-state index in [0.717, 1.165) is 26.1 Å². The number of likely N-dealkylation sites (tertiary alicyclic amines) is 1. The molecule has 0 N–H and O–H groups in total. The van der Waals surface area contributed by atoms with Crippen molar-refractivity contribution in [2.75, 3.05) is 26.3 Å². The molecule has 2 rings (SSSR count). The van der Waals surface area contributed by atoms with Crippen molar-refractivity contribution in [1.29, 1.82) is 0 Å². The van der Waals surface area contributed by atoms with Crippen molar-refractivity contribution in [3.05, 3.63) is 11.9 Å². The summed E-state index contributed by atoms with van der Waals surface area (Å²) in [5.74, 6) is 0.479. The Hall–Kier alpha value is -1.30. The van der Waals surface area contributed by atoms with Gasteiger partial charge in [-0.1, -0.05) is 5.21 Å². The van der Waals surface area contributed by atoms with Crippen LogP contribution >= 0.6 is 0 Å². The fourth-order valence-electron chi connectivity index (χ4n) is 2.11. The van der Waals surface area contributed by atoms with Gasteiger partial charge in [-0.15, -0.1) is 5.10 Å². The van der Waals surface area contributed by atoms with Crippen LogP contribution in [0.4, 0.5) is 4.39 Å². The van der Waals surface area contributed by atoms with Crippen molar-refractivity contribution in [3.8, 4) is 0 Å². The number of alkyl halides is 1. The number of hydrogen-bond acceptors (Lipinski definition) is 4. The Bertz CT molecular complexity index is 354. The zero-order chi connectivity index (χ0) is 11.4. The third-order valence-corrected chi connectivity index (χ3v) is 2.89. The summed E-state index contributed by atoms with van der Waals surface area (Å²) in [6.45, 7) is 2.84. The first-order valence-corrected chi connectivity index (χ1v) is 5.45.